The Labute approximate surface area is 121 Å². The van der Waals surface area contributed by atoms with Crippen molar-refractivity contribution >= 4 is 17.6 Å². The molecule has 0 heterocycles. The first-order valence-corrected chi connectivity index (χ1v) is 6.50. The Morgan fingerprint density at radius 1 is 1.15 bits per heavy atom. The van der Waals surface area contributed by atoms with E-state index in [1.807, 2.05) is 5.32 Å². The van der Waals surface area contributed by atoms with Crippen molar-refractivity contribution in [1.29, 1.82) is 0 Å². The SMILES string of the molecule is O=C([O-])c1ccc(C[NH2+]Cc2c(F)cccc2Cl)cc1. The van der Waals surface area contributed by atoms with Gasteiger partial charge in [0, 0.05) is 5.56 Å². The van der Waals surface area contributed by atoms with Crippen LogP contribution in [0.1, 0.15) is 21.5 Å². The highest BCUT2D eigenvalue weighted by molar-refractivity contribution is 6.31. The summed E-state index contributed by atoms with van der Waals surface area (Å²) in [6, 6.07) is 11.0. The molecule has 0 aliphatic rings. The van der Waals surface area contributed by atoms with Gasteiger partial charge < -0.3 is 15.2 Å². The minimum atomic E-state index is -1.20. The van der Waals surface area contributed by atoms with Gasteiger partial charge in [0.1, 0.15) is 18.9 Å². The quantitative estimate of drug-likeness (QED) is 0.898. The van der Waals surface area contributed by atoms with Crippen molar-refractivity contribution in [3.05, 3.63) is 70.0 Å². The minimum Gasteiger partial charge on any atom is -0.545 e. The normalized spacial score (nSPS) is 10.5. The average Bonchev–Trinajstić information content (AvgIpc) is 2.42. The lowest BCUT2D eigenvalue weighted by molar-refractivity contribution is -0.686. The van der Waals surface area contributed by atoms with Crippen LogP contribution in [0.4, 0.5) is 4.39 Å². The van der Waals surface area contributed by atoms with Crippen molar-refractivity contribution in [1.82, 2.24) is 0 Å². The summed E-state index contributed by atoms with van der Waals surface area (Å²) in [5, 5.41) is 12.9. The molecule has 2 N–H and O–H groups in total. The standard InChI is InChI=1S/C15H13ClFNO2/c16-13-2-1-3-14(17)12(13)9-18-8-10-4-6-11(7-5-10)15(19)20/h1-7,18H,8-9H2,(H,19,20). The topological polar surface area (TPSA) is 56.7 Å². The predicted molar refractivity (Wildman–Crippen MR) is 71.5 cm³/mol. The second-order valence-electron chi connectivity index (χ2n) is 4.38. The lowest BCUT2D eigenvalue weighted by atomic mass is 10.1. The molecule has 0 spiro atoms. The highest BCUT2D eigenvalue weighted by Crippen LogP contribution is 2.17. The lowest BCUT2D eigenvalue weighted by Gasteiger charge is -2.06. The van der Waals surface area contributed by atoms with Crippen LogP contribution in [0.25, 0.3) is 0 Å². The third-order valence-corrected chi connectivity index (χ3v) is 3.33. The number of carboxylic acid groups (broad SMARTS) is 1. The Morgan fingerprint density at radius 3 is 2.45 bits per heavy atom. The zero-order valence-electron chi connectivity index (χ0n) is 10.6. The Balaban J connectivity index is 1.94. The highest BCUT2D eigenvalue weighted by atomic mass is 35.5. The molecular weight excluding hydrogens is 281 g/mol. The summed E-state index contributed by atoms with van der Waals surface area (Å²) in [5.41, 5.74) is 1.56. The average molecular weight is 294 g/mol. The Hall–Kier alpha value is -1.91. The van der Waals surface area contributed by atoms with Crippen molar-refractivity contribution in [3.63, 3.8) is 0 Å². The van der Waals surface area contributed by atoms with Gasteiger partial charge in [0.15, 0.2) is 0 Å². The van der Waals surface area contributed by atoms with E-state index in [0.717, 1.165) is 5.56 Å². The van der Waals surface area contributed by atoms with Crippen molar-refractivity contribution in [3.8, 4) is 0 Å². The molecule has 0 saturated heterocycles. The summed E-state index contributed by atoms with van der Waals surface area (Å²) in [7, 11) is 0. The second kappa shape index (κ2) is 6.50. The molecule has 0 amide bonds. The molecule has 2 rings (SSSR count). The first kappa shape index (κ1) is 14.5. The van der Waals surface area contributed by atoms with Gasteiger partial charge in [-0.05, 0) is 17.7 Å². The van der Waals surface area contributed by atoms with Gasteiger partial charge in [-0.25, -0.2) is 4.39 Å². The van der Waals surface area contributed by atoms with Crippen LogP contribution in [0.2, 0.25) is 5.02 Å². The van der Waals surface area contributed by atoms with Gasteiger partial charge in [0.2, 0.25) is 0 Å². The number of carboxylic acids is 1. The van der Waals surface area contributed by atoms with E-state index in [-0.39, 0.29) is 11.4 Å². The molecule has 0 aliphatic heterocycles. The predicted octanol–water partition coefficient (Wildman–Crippen LogP) is 1.11. The number of hydrogen-bond donors (Lipinski definition) is 1. The Kier molecular flexibility index (Phi) is 4.71. The monoisotopic (exact) mass is 293 g/mol. The van der Waals surface area contributed by atoms with Gasteiger partial charge in [0.05, 0.1) is 16.6 Å². The summed E-state index contributed by atoms with van der Waals surface area (Å²) >= 11 is 5.93. The number of quaternary nitrogens is 1. The molecule has 0 aromatic heterocycles. The van der Waals surface area contributed by atoms with E-state index in [9.17, 15) is 14.3 Å². The van der Waals surface area contributed by atoms with E-state index in [2.05, 4.69) is 0 Å². The van der Waals surface area contributed by atoms with Gasteiger partial charge >= 0.3 is 0 Å². The van der Waals surface area contributed by atoms with E-state index in [1.54, 1.807) is 24.3 Å². The Bertz CT molecular complexity index is 594. The van der Waals surface area contributed by atoms with Crippen LogP contribution in [-0.2, 0) is 13.1 Å². The molecule has 0 fully saturated rings. The summed E-state index contributed by atoms with van der Waals surface area (Å²) in [4.78, 5) is 10.6. The van der Waals surface area contributed by atoms with Crippen LogP contribution in [0.3, 0.4) is 0 Å². The molecule has 2 aromatic carbocycles. The van der Waals surface area contributed by atoms with E-state index in [1.165, 1.54) is 18.2 Å². The van der Waals surface area contributed by atoms with E-state index < -0.39 is 5.97 Å². The maximum Gasteiger partial charge on any atom is 0.133 e. The summed E-state index contributed by atoms with van der Waals surface area (Å²) in [5.74, 6) is -1.51. The fourth-order valence-electron chi connectivity index (χ4n) is 1.89. The van der Waals surface area contributed by atoms with Gasteiger partial charge in [-0.3, -0.25) is 0 Å². The number of halogens is 2. The molecule has 0 saturated carbocycles. The summed E-state index contributed by atoms with van der Waals surface area (Å²) < 4.78 is 13.5. The minimum absolute atomic E-state index is 0.144. The van der Waals surface area contributed by atoms with Crippen LogP contribution in [0.15, 0.2) is 42.5 Å². The van der Waals surface area contributed by atoms with Gasteiger partial charge in [0.25, 0.3) is 0 Å². The smallest absolute Gasteiger partial charge is 0.133 e. The molecule has 3 nitrogen and oxygen atoms in total. The maximum atomic E-state index is 13.5. The number of nitrogens with two attached hydrogens (primary N) is 1. The zero-order valence-corrected chi connectivity index (χ0v) is 11.4. The van der Waals surface area contributed by atoms with Crippen molar-refractivity contribution in [2.24, 2.45) is 0 Å². The second-order valence-corrected chi connectivity index (χ2v) is 4.79. The molecule has 104 valence electrons. The number of carbonyl (C=O) groups excluding carboxylic acids is 1. The highest BCUT2D eigenvalue weighted by Gasteiger charge is 2.08. The largest absolute Gasteiger partial charge is 0.545 e. The number of carbonyl (C=O) groups is 1. The molecule has 0 radical (unpaired) electrons. The van der Waals surface area contributed by atoms with Gasteiger partial charge in [-0.1, -0.05) is 41.9 Å². The van der Waals surface area contributed by atoms with E-state index in [4.69, 9.17) is 11.6 Å². The number of aromatic carboxylic acids is 1. The molecule has 0 unspecified atom stereocenters. The summed E-state index contributed by atoms with van der Waals surface area (Å²) in [6.45, 7) is 1.03. The third kappa shape index (κ3) is 3.56. The first-order valence-electron chi connectivity index (χ1n) is 6.13. The molecule has 0 bridgehead atoms. The van der Waals surface area contributed by atoms with Crippen LogP contribution in [-0.4, -0.2) is 5.97 Å². The number of benzene rings is 2. The van der Waals surface area contributed by atoms with Crippen LogP contribution in [0.5, 0.6) is 0 Å². The zero-order chi connectivity index (χ0) is 14.5. The lowest BCUT2D eigenvalue weighted by Crippen LogP contribution is -2.80. The van der Waals surface area contributed by atoms with Crippen molar-refractivity contribution < 1.29 is 19.6 Å². The number of rotatable bonds is 5. The fourth-order valence-corrected chi connectivity index (χ4v) is 2.13. The van der Waals surface area contributed by atoms with Gasteiger partial charge in [-0.15, -0.1) is 0 Å². The van der Waals surface area contributed by atoms with Crippen molar-refractivity contribution in [2.75, 3.05) is 0 Å². The summed E-state index contributed by atoms with van der Waals surface area (Å²) in [6.07, 6.45) is 0. The molecule has 20 heavy (non-hydrogen) atoms. The molecular formula is C15H13ClFNO2. The molecule has 2 aromatic rings. The molecule has 0 aliphatic carbocycles. The molecule has 0 atom stereocenters. The van der Waals surface area contributed by atoms with Crippen molar-refractivity contribution in [2.45, 2.75) is 13.1 Å². The van der Waals surface area contributed by atoms with E-state index >= 15 is 0 Å². The first-order chi connectivity index (χ1) is 9.58. The number of hydrogen-bond acceptors (Lipinski definition) is 2. The fraction of sp³-hybridized carbons (Fsp3) is 0.133. The van der Waals surface area contributed by atoms with E-state index in [0.29, 0.717) is 23.7 Å². The third-order valence-electron chi connectivity index (χ3n) is 2.98. The van der Waals surface area contributed by atoms with Gasteiger partial charge in [-0.2, -0.15) is 0 Å². The van der Waals surface area contributed by atoms with Crippen LogP contribution >= 0.6 is 11.6 Å². The Morgan fingerprint density at radius 2 is 1.85 bits per heavy atom. The van der Waals surface area contributed by atoms with Crippen LogP contribution in [0, 0.1) is 5.82 Å². The molecule has 5 heteroatoms. The maximum absolute atomic E-state index is 13.5. The van der Waals surface area contributed by atoms with Crippen LogP contribution < -0.4 is 10.4 Å².